The minimum absolute atomic E-state index is 0.354. The molecule has 0 saturated carbocycles. The summed E-state index contributed by atoms with van der Waals surface area (Å²) in [5.41, 5.74) is 3.94. The van der Waals surface area contributed by atoms with Crippen LogP contribution in [0.4, 0.5) is 11.6 Å². The topological polar surface area (TPSA) is 63.2 Å². The number of hydrogen-bond donors (Lipinski definition) is 1. The van der Waals surface area contributed by atoms with Crippen LogP contribution in [0.2, 0.25) is 0 Å². The van der Waals surface area contributed by atoms with Crippen molar-refractivity contribution in [2.75, 3.05) is 30.9 Å². The Bertz CT molecular complexity index is 802. The number of aryl methyl sites for hydroxylation is 2. The number of nitrogens with zero attached hydrogens (tertiary/aromatic N) is 4. The zero-order chi connectivity index (χ0) is 21.6. The molecule has 2 aromatic rings. The maximum absolute atomic E-state index is 5.57. The molecule has 0 bridgehead atoms. The molecule has 6 heteroatoms. The quantitative estimate of drug-likeness (QED) is 0.599. The molecule has 0 saturated heterocycles. The van der Waals surface area contributed by atoms with Gasteiger partial charge in [0, 0.05) is 31.4 Å². The van der Waals surface area contributed by atoms with Crippen molar-refractivity contribution in [3.8, 4) is 17.1 Å². The molecule has 0 aromatic carbocycles. The van der Waals surface area contributed by atoms with Gasteiger partial charge in [0.05, 0.1) is 18.5 Å². The van der Waals surface area contributed by atoms with Crippen molar-refractivity contribution in [3.05, 3.63) is 23.5 Å². The molecule has 0 radical (unpaired) electrons. The van der Waals surface area contributed by atoms with Crippen LogP contribution in [0.15, 0.2) is 12.3 Å². The molecule has 2 heterocycles. The van der Waals surface area contributed by atoms with E-state index in [0.29, 0.717) is 23.7 Å². The molecular formula is C23H37N5O. The first-order valence-electron chi connectivity index (χ1n) is 10.7. The minimum atomic E-state index is 0.354. The molecule has 1 N–H and O–H groups in total. The van der Waals surface area contributed by atoms with Gasteiger partial charge in [-0.15, -0.1) is 0 Å². The summed E-state index contributed by atoms with van der Waals surface area (Å²) in [4.78, 5) is 16.5. The van der Waals surface area contributed by atoms with Gasteiger partial charge in [-0.3, -0.25) is 0 Å². The third-order valence-electron chi connectivity index (χ3n) is 5.20. The minimum Gasteiger partial charge on any atom is -0.478 e. The highest BCUT2D eigenvalue weighted by molar-refractivity contribution is 5.69. The summed E-state index contributed by atoms with van der Waals surface area (Å²) in [5, 5.41) is 3.47. The second-order valence-electron chi connectivity index (χ2n) is 8.00. The number of rotatable bonds is 10. The third-order valence-corrected chi connectivity index (χ3v) is 5.20. The first-order valence-corrected chi connectivity index (χ1v) is 10.7. The molecular weight excluding hydrogens is 362 g/mol. The second-order valence-corrected chi connectivity index (χ2v) is 8.00. The fourth-order valence-corrected chi connectivity index (χ4v) is 3.52. The molecule has 6 nitrogen and oxygen atoms in total. The molecule has 0 aliphatic carbocycles. The van der Waals surface area contributed by atoms with Crippen LogP contribution in [0.25, 0.3) is 11.3 Å². The van der Waals surface area contributed by atoms with Crippen LogP contribution in [0.3, 0.4) is 0 Å². The molecule has 0 spiro atoms. The molecule has 29 heavy (non-hydrogen) atoms. The summed E-state index contributed by atoms with van der Waals surface area (Å²) >= 11 is 0. The fraction of sp³-hybridized carbons (Fsp3) is 0.609. The number of anilines is 2. The number of ether oxygens (including phenoxy) is 1. The second kappa shape index (κ2) is 10.4. The normalized spacial score (nSPS) is 11.2. The van der Waals surface area contributed by atoms with E-state index in [1.54, 1.807) is 7.11 Å². The average Bonchev–Trinajstić information content (AvgIpc) is 2.71. The number of pyridine rings is 1. The number of methoxy groups -OCH3 is 1. The van der Waals surface area contributed by atoms with Gasteiger partial charge in [0.25, 0.3) is 5.88 Å². The zero-order valence-corrected chi connectivity index (χ0v) is 19.3. The third kappa shape index (κ3) is 5.58. The molecule has 0 unspecified atom stereocenters. The predicted molar refractivity (Wildman–Crippen MR) is 122 cm³/mol. The van der Waals surface area contributed by atoms with Crippen LogP contribution in [0.1, 0.15) is 58.7 Å². The van der Waals surface area contributed by atoms with E-state index in [1.807, 2.05) is 13.1 Å². The molecule has 0 aliphatic rings. The van der Waals surface area contributed by atoms with Crippen molar-refractivity contribution in [2.24, 2.45) is 5.92 Å². The van der Waals surface area contributed by atoms with E-state index in [0.717, 1.165) is 48.6 Å². The van der Waals surface area contributed by atoms with Crippen LogP contribution >= 0.6 is 0 Å². The standard InChI is InChI=1S/C23H37N5O/c1-9-17-12-20(28(7)14-15(4)5)24-13-19(17)21-16(6)25-22(23(27-21)29-8)26-18(10-2)11-3/h12-13,15,18H,9-11,14H2,1-8H3,(H,25,26). The SMILES string of the molecule is CCc1cc(N(C)CC(C)C)ncc1-c1nc(OC)c(NC(CC)CC)nc1C. The van der Waals surface area contributed by atoms with Crippen molar-refractivity contribution < 1.29 is 4.74 Å². The van der Waals surface area contributed by atoms with Crippen LogP contribution in [0, 0.1) is 12.8 Å². The smallest absolute Gasteiger partial charge is 0.257 e. The highest BCUT2D eigenvalue weighted by atomic mass is 16.5. The van der Waals surface area contributed by atoms with Crippen LogP contribution in [0.5, 0.6) is 5.88 Å². The van der Waals surface area contributed by atoms with Gasteiger partial charge < -0.3 is 15.0 Å². The number of nitrogens with one attached hydrogen (secondary N) is 1. The van der Waals surface area contributed by atoms with Crippen molar-refractivity contribution in [2.45, 2.75) is 66.8 Å². The van der Waals surface area contributed by atoms with Gasteiger partial charge >= 0.3 is 0 Å². The van der Waals surface area contributed by atoms with Gasteiger partial charge in [-0.1, -0.05) is 34.6 Å². The molecule has 160 valence electrons. The molecule has 0 amide bonds. The summed E-state index contributed by atoms with van der Waals surface area (Å²) in [5.74, 6) is 2.81. The Labute approximate surface area is 176 Å². The van der Waals surface area contributed by atoms with E-state index < -0.39 is 0 Å². The predicted octanol–water partition coefficient (Wildman–Crippen LogP) is 5.11. The average molecular weight is 400 g/mol. The highest BCUT2D eigenvalue weighted by Gasteiger charge is 2.18. The Hall–Kier alpha value is -2.37. The lowest BCUT2D eigenvalue weighted by Crippen LogP contribution is -2.23. The first kappa shape index (κ1) is 22.9. The maximum Gasteiger partial charge on any atom is 0.257 e. The Balaban J connectivity index is 2.45. The highest BCUT2D eigenvalue weighted by Crippen LogP contribution is 2.31. The fourth-order valence-electron chi connectivity index (χ4n) is 3.52. The monoisotopic (exact) mass is 399 g/mol. The van der Waals surface area contributed by atoms with Crippen LogP contribution in [-0.4, -0.2) is 41.7 Å². The molecule has 0 atom stereocenters. The van der Waals surface area contributed by atoms with Gasteiger partial charge in [-0.05, 0) is 43.7 Å². The van der Waals surface area contributed by atoms with Gasteiger partial charge in [0.1, 0.15) is 5.82 Å². The Morgan fingerprint density at radius 2 is 1.83 bits per heavy atom. The Morgan fingerprint density at radius 3 is 2.38 bits per heavy atom. The van der Waals surface area contributed by atoms with Gasteiger partial charge in [0.15, 0.2) is 5.82 Å². The van der Waals surface area contributed by atoms with E-state index in [4.69, 9.17) is 19.7 Å². The van der Waals surface area contributed by atoms with E-state index in [1.165, 1.54) is 5.56 Å². The zero-order valence-electron chi connectivity index (χ0n) is 19.3. The summed E-state index contributed by atoms with van der Waals surface area (Å²) in [7, 11) is 3.73. The lowest BCUT2D eigenvalue weighted by atomic mass is 10.0. The lowest BCUT2D eigenvalue weighted by Gasteiger charge is -2.22. The Kier molecular flexibility index (Phi) is 8.23. The van der Waals surface area contributed by atoms with Gasteiger partial charge in [-0.2, -0.15) is 0 Å². The Morgan fingerprint density at radius 1 is 1.14 bits per heavy atom. The van der Waals surface area contributed by atoms with Gasteiger partial charge in [0.2, 0.25) is 0 Å². The van der Waals surface area contributed by atoms with Crippen molar-refractivity contribution >= 4 is 11.6 Å². The van der Waals surface area contributed by atoms with Crippen molar-refractivity contribution in [1.82, 2.24) is 15.0 Å². The molecule has 2 aromatic heterocycles. The first-order chi connectivity index (χ1) is 13.8. The van der Waals surface area contributed by atoms with E-state index >= 15 is 0 Å². The van der Waals surface area contributed by atoms with Crippen molar-refractivity contribution in [1.29, 1.82) is 0 Å². The van der Waals surface area contributed by atoms with E-state index in [2.05, 4.69) is 57.9 Å². The summed E-state index contributed by atoms with van der Waals surface area (Å²) in [6, 6.07) is 2.52. The molecule has 2 rings (SSSR count). The van der Waals surface area contributed by atoms with Crippen LogP contribution < -0.4 is 15.0 Å². The van der Waals surface area contributed by atoms with Crippen LogP contribution in [-0.2, 0) is 6.42 Å². The van der Waals surface area contributed by atoms with E-state index in [-0.39, 0.29) is 0 Å². The molecule has 0 fully saturated rings. The summed E-state index contributed by atoms with van der Waals surface area (Å²) in [6.07, 6.45) is 4.88. The van der Waals surface area contributed by atoms with E-state index in [9.17, 15) is 0 Å². The van der Waals surface area contributed by atoms with Crippen molar-refractivity contribution in [3.63, 3.8) is 0 Å². The number of hydrogen-bond acceptors (Lipinski definition) is 6. The van der Waals surface area contributed by atoms with Gasteiger partial charge in [-0.25, -0.2) is 15.0 Å². The summed E-state index contributed by atoms with van der Waals surface area (Å²) < 4.78 is 5.57. The number of aromatic nitrogens is 3. The summed E-state index contributed by atoms with van der Waals surface area (Å²) in [6.45, 7) is 13.9. The largest absolute Gasteiger partial charge is 0.478 e. The maximum atomic E-state index is 5.57. The lowest BCUT2D eigenvalue weighted by molar-refractivity contribution is 0.397. The molecule has 0 aliphatic heterocycles.